The number of ether oxygens (including phenoxy) is 1. The molecule has 1 unspecified atom stereocenters. The molecule has 1 rings (SSSR count). The predicted molar refractivity (Wildman–Crippen MR) is 57.5 cm³/mol. The summed E-state index contributed by atoms with van der Waals surface area (Å²) in [6.45, 7) is 1.09. The van der Waals surface area contributed by atoms with Crippen molar-refractivity contribution in [3.05, 3.63) is 35.1 Å². The second kappa shape index (κ2) is 6.61. The van der Waals surface area contributed by atoms with E-state index >= 15 is 0 Å². The van der Waals surface area contributed by atoms with Crippen LogP contribution in [0.2, 0.25) is 0 Å². The first-order valence-corrected chi connectivity index (χ1v) is 5.30. The number of hydrogen-bond acceptors (Lipinski definition) is 2. The van der Waals surface area contributed by atoms with Crippen LogP contribution in [0.25, 0.3) is 0 Å². The quantitative estimate of drug-likeness (QED) is 0.784. The maximum absolute atomic E-state index is 13.3. The standard InChI is InChI=1S/C12H15F3O2/c1-8-2-3-10(13)9(6-8)11(16)4-5-17-7-12(14)15/h2-3,6,11-12,16H,4-5,7H2,1H3. The fourth-order valence-corrected chi connectivity index (χ4v) is 1.44. The van der Waals surface area contributed by atoms with Crippen LogP contribution in [-0.4, -0.2) is 24.7 Å². The number of benzene rings is 1. The van der Waals surface area contributed by atoms with Crippen LogP contribution < -0.4 is 0 Å². The van der Waals surface area contributed by atoms with Crippen molar-refractivity contribution < 1.29 is 23.0 Å². The Bertz CT molecular complexity index is 356. The summed E-state index contributed by atoms with van der Waals surface area (Å²) in [6, 6.07) is 4.40. The van der Waals surface area contributed by atoms with Crippen LogP contribution in [0.15, 0.2) is 18.2 Å². The van der Waals surface area contributed by atoms with Crippen molar-refractivity contribution in [1.82, 2.24) is 0 Å². The molecule has 0 aromatic heterocycles. The zero-order chi connectivity index (χ0) is 12.8. The number of aliphatic hydroxyl groups excluding tert-OH is 1. The van der Waals surface area contributed by atoms with E-state index in [0.717, 1.165) is 5.56 Å². The molecule has 1 atom stereocenters. The molecule has 2 nitrogen and oxygen atoms in total. The number of halogens is 3. The average molecular weight is 248 g/mol. The van der Waals surface area contributed by atoms with Crippen molar-refractivity contribution in [2.75, 3.05) is 13.2 Å². The SMILES string of the molecule is Cc1ccc(F)c(C(O)CCOCC(F)F)c1. The average Bonchev–Trinajstić information content (AvgIpc) is 2.27. The van der Waals surface area contributed by atoms with Crippen LogP contribution in [0.4, 0.5) is 13.2 Å². The van der Waals surface area contributed by atoms with Gasteiger partial charge in [-0.25, -0.2) is 13.2 Å². The van der Waals surface area contributed by atoms with Gasteiger partial charge in [-0.2, -0.15) is 0 Å². The fourth-order valence-electron chi connectivity index (χ4n) is 1.44. The van der Waals surface area contributed by atoms with E-state index in [1.54, 1.807) is 13.0 Å². The molecule has 1 aromatic carbocycles. The van der Waals surface area contributed by atoms with Gasteiger partial charge in [-0.3, -0.25) is 0 Å². The first-order valence-electron chi connectivity index (χ1n) is 5.30. The van der Waals surface area contributed by atoms with Crippen LogP contribution >= 0.6 is 0 Å². The first-order chi connectivity index (χ1) is 8.00. The molecule has 1 N–H and O–H groups in total. The summed E-state index contributed by atoms with van der Waals surface area (Å²) in [5.74, 6) is -0.503. The Morgan fingerprint density at radius 1 is 1.35 bits per heavy atom. The fraction of sp³-hybridized carbons (Fsp3) is 0.500. The van der Waals surface area contributed by atoms with Gasteiger partial charge in [-0.05, 0) is 13.0 Å². The van der Waals surface area contributed by atoms with Crippen molar-refractivity contribution in [2.45, 2.75) is 25.9 Å². The molecular weight excluding hydrogens is 233 g/mol. The van der Waals surface area contributed by atoms with E-state index in [1.165, 1.54) is 12.1 Å². The summed E-state index contributed by atoms with van der Waals surface area (Å²) in [5.41, 5.74) is 1.000. The molecule has 0 amide bonds. The topological polar surface area (TPSA) is 29.5 Å². The minimum atomic E-state index is -2.53. The molecule has 17 heavy (non-hydrogen) atoms. The van der Waals surface area contributed by atoms with Gasteiger partial charge in [0.05, 0.1) is 6.10 Å². The van der Waals surface area contributed by atoms with Crippen LogP contribution in [0.5, 0.6) is 0 Å². The summed E-state index contributed by atoms with van der Waals surface area (Å²) in [4.78, 5) is 0. The molecule has 0 fully saturated rings. The third-order valence-electron chi connectivity index (χ3n) is 2.29. The molecule has 0 aliphatic carbocycles. The predicted octanol–water partition coefficient (Wildman–Crippen LogP) is 2.84. The monoisotopic (exact) mass is 248 g/mol. The summed E-state index contributed by atoms with van der Waals surface area (Å²) in [6.07, 6.45) is -3.47. The van der Waals surface area contributed by atoms with Crippen LogP contribution in [0.3, 0.4) is 0 Å². The molecule has 96 valence electrons. The van der Waals surface area contributed by atoms with Crippen LogP contribution in [0.1, 0.15) is 23.7 Å². The van der Waals surface area contributed by atoms with Gasteiger partial charge in [0.25, 0.3) is 6.43 Å². The van der Waals surface area contributed by atoms with E-state index in [4.69, 9.17) is 0 Å². The molecule has 0 aliphatic heterocycles. The summed E-state index contributed by atoms with van der Waals surface area (Å²) < 4.78 is 41.5. The van der Waals surface area contributed by atoms with Gasteiger partial charge >= 0.3 is 0 Å². The molecule has 5 heteroatoms. The van der Waals surface area contributed by atoms with Crippen molar-refractivity contribution in [1.29, 1.82) is 0 Å². The number of aliphatic hydroxyl groups is 1. The Hall–Kier alpha value is -1.07. The zero-order valence-corrected chi connectivity index (χ0v) is 9.50. The Morgan fingerprint density at radius 3 is 2.71 bits per heavy atom. The van der Waals surface area contributed by atoms with E-state index in [0.29, 0.717) is 0 Å². The highest BCUT2D eigenvalue weighted by atomic mass is 19.3. The summed E-state index contributed by atoms with van der Waals surface area (Å²) in [7, 11) is 0. The van der Waals surface area contributed by atoms with Gasteiger partial charge in [0.1, 0.15) is 12.4 Å². The van der Waals surface area contributed by atoms with E-state index in [1.807, 2.05) is 0 Å². The molecule has 0 saturated heterocycles. The second-order valence-electron chi connectivity index (χ2n) is 3.80. The lowest BCUT2D eigenvalue weighted by Crippen LogP contribution is -2.09. The van der Waals surface area contributed by atoms with E-state index in [2.05, 4.69) is 4.74 Å². The van der Waals surface area contributed by atoms with E-state index < -0.39 is 25.0 Å². The molecule has 0 radical (unpaired) electrons. The van der Waals surface area contributed by atoms with E-state index in [9.17, 15) is 18.3 Å². The number of alkyl halides is 2. The van der Waals surface area contributed by atoms with E-state index in [-0.39, 0.29) is 18.6 Å². The third kappa shape index (κ3) is 4.75. The van der Waals surface area contributed by atoms with Gasteiger partial charge in [0, 0.05) is 18.6 Å². The third-order valence-corrected chi connectivity index (χ3v) is 2.29. The van der Waals surface area contributed by atoms with Crippen molar-refractivity contribution >= 4 is 0 Å². The molecular formula is C12H15F3O2. The van der Waals surface area contributed by atoms with Crippen LogP contribution in [-0.2, 0) is 4.74 Å². The number of aryl methyl sites for hydroxylation is 1. The maximum atomic E-state index is 13.3. The highest BCUT2D eigenvalue weighted by Gasteiger charge is 2.13. The molecule has 0 heterocycles. The van der Waals surface area contributed by atoms with Gasteiger partial charge in [0.15, 0.2) is 0 Å². The smallest absolute Gasteiger partial charge is 0.261 e. The lowest BCUT2D eigenvalue weighted by atomic mass is 10.0. The normalized spacial score (nSPS) is 13.1. The Balaban J connectivity index is 2.46. The number of hydrogen-bond donors (Lipinski definition) is 1. The number of rotatable bonds is 6. The molecule has 0 bridgehead atoms. The Morgan fingerprint density at radius 2 is 2.06 bits per heavy atom. The summed E-state index contributed by atoms with van der Waals surface area (Å²) in [5, 5.41) is 9.68. The minimum absolute atomic E-state index is 0.0289. The Labute approximate surface area is 98.0 Å². The van der Waals surface area contributed by atoms with Crippen molar-refractivity contribution in [3.8, 4) is 0 Å². The van der Waals surface area contributed by atoms with Crippen molar-refractivity contribution in [3.63, 3.8) is 0 Å². The van der Waals surface area contributed by atoms with Gasteiger partial charge < -0.3 is 9.84 Å². The first kappa shape index (κ1) is 14.0. The van der Waals surface area contributed by atoms with Gasteiger partial charge in [0.2, 0.25) is 0 Å². The summed E-state index contributed by atoms with van der Waals surface area (Å²) >= 11 is 0. The lowest BCUT2D eigenvalue weighted by Gasteiger charge is -2.12. The molecule has 1 aromatic rings. The minimum Gasteiger partial charge on any atom is -0.388 e. The van der Waals surface area contributed by atoms with Gasteiger partial charge in [-0.15, -0.1) is 0 Å². The largest absolute Gasteiger partial charge is 0.388 e. The van der Waals surface area contributed by atoms with Gasteiger partial charge in [-0.1, -0.05) is 17.7 Å². The maximum Gasteiger partial charge on any atom is 0.261 e. The van der Waals surface area contributed by atoms with Crippen molar-refractivity contribution in [2.24, 2.45) is 0 Å². The highest BCUT2D eigenvalue weighted by Crippen LogP contribution is 2.21. The lowest BCUT2D eigenvalue weighted by molar-refractivity contribution is 0.00448. The zero-order valence-electron chi connectivity index (χ0n) is 9.50. The second-order valence-corrected chi connectivity index (χ2v) is 3.80. The molecule has 0 saturated carbocycles. The molecule has 0 aliphatic rings. The highest BCUT2D eigenvalue weighted by molar-refractivity contribution is 5.25. The van der Waals surface area contributed by atoms with Crippen LogP contribution in [0, 0.1) is 12.7 Å². The Kier molecular flexibility index (Phi) is 5.44. The molecule has 0 spiro atoms.